The van der Waals surface area contributed by atoms with Gasteiger partial charge < -0.3 is 84.4 Å². The minimum Gasteiger partial charge on any atom is -0.388 e. The normalized spacial score (nSPS) is 53.7. The summed E-state index contributed by atoms with van der Waals surface area (Å²) in [7, 11) is 0. The van der Waals surface area contributed by atoms with E-state index in [4.69, 9.17) is 33.2 Å². The fraction of sp³-hybridized carbons (Fsp3) is 0.962. The van der Waals surface area contributed by atoms with Gasteiger partial charge in [-0.25, -0.2) is 0 Å². The molecule has 18 nitrogen and oxygen atoms in total. The minimum absolute atomic E-state index is 0.536. The highest BCUT2D eigenvalue weighted by molar-refractivity contribution is 5.73. The van der Waals surface area contributed by atoms with Crippen molar-refractivity contribution in [3.05, 3.63) is 0 Å². The molecular formula is C26H45NO17. The molecular weight excluding hydrogens is 598 g/mol. The molecule has 4 aliphatic heterocycles. The summed E-state index contributed by atoms with van der Waals surface area (Å²) in [4.78, 5) is 11.6. The molecule has 4 heterocycles. The van der Waals surface area contributed by atoms with Crippen molar-refractivity contribution in [2.24, 2.45) is 0 Å². The van der Waals surface area contributed by atoms with Gasteiger partial charge in [0, 0.05) is 6.92 Å². The molecule has 256 valence electrons. The van der Waals surface area contributed by atoms with Gasteiger partial charge in [-0.05, 0) is 27.7 Å². The van der Waals surface area contributed by atoms with E-state index >= 15 is 0 Å². The van der Waals surface area contributed by atoms with Crippen LogP contribution in [0.2, 0.25) is 0 Å². The monoisotopic (exact) mass is 643 g/mol. The Morgan fingerprint density at radius 2 is 0.841 bits per heavy atom. The van der Waals surface area contributed by atoms with Crippen molar-refractivity contribution >= 4 is 5.91 Å². The van der Waals surface area contributed by atoms with Crippen LogP contribution in [0.5, 0.6) is 0 Å². The van der Waals surface area contributed by atoms with Crippen molar-refractivity contribution in [1.82, 2.24) is 5.32 Å². The van der Waals surface area contributed by atoms with Crippen LogP contribution in [-0.2, 0) is 38.0 Å². The lowest BCUT2D eigenvalue weighted by atomic mass is 9.95. The number of ether oxygens (including phenoxy) is 7. The zero-order valence-corrected chi connectivity index (χ0v) is 24.8. The molecule has 20 atom stereocenters. The number of rotatable bonds is 7. The zero-order chi connectivity index (χ0) is 32.8. The summed E-state index contributed by atoms with van der Waals surface area (Å²) in [5.74, 6) is -0.536. The Morgan fingerprint density at radius 3 is 1.25 bits per heavy atom. The molecule has 0 bridgehead atoms. The van der Waals surface area contributed by atoms with E-state index < -0.39 is 129 Å². The number of hydrogen-bond acceptors (Lipinski definition) is 17. The molecule has 0 unspecified atom stereocenters. The maximum Gasteiger partial charge on any atom is 0.217 e. The molecule has 0 aromatic carbocycles. The molecule has 0 aromatic heterocycles. The Morgan fingerprint density at radius 1 is 0.500 bits per heavy atom. The summed E-state index contributed by atoms with van der Waals surface area (Å²) in [5, 5.41) is 98.2. The van der Waals surface area contributed by atoms with E-state index in [1.165, 1.54) is 34.6 Å². The number of amides is 1. The van der Waals surface area contributed by atoms with Crippen LogP contribution >= 0.6 is 0 Å². The van der Waals surface area contributed by atoms with Crippen molar-refractivity contribution in [2.45, 2.75) is 157 Å². The van der Waals surface area contributed by atoms with Crippen LogP contribution in [0.4, 0.5) is 0 Å². The highest BCUT2D eigenvalue weighted by Crippen LogP contribution is 2.34. The fourth-order valence-electron chi connectivity index (χ4n) is 5.73. The van der Waals surface area contributed by atoms with E-state index in [-0.39, 0.29) is 0 Å². The highest BCUT2D eigenvalue weighted by Gasteiger charge is 2.54. The zero-order valence-electron chi connectivity index (χ0n) is 24.8. The third-order valence-corrected chi connectivity index (χ3v) is 8.45. The van der Waals surface area contributed by atoms with Crippen LogP contribution in [0.3, 0.4) is 0 Å². The summed E-state index contributed by atoms with van der Waals surface area (Å²) in [6.07, 6.45) is -27.7. The Hall–Kier alpha value is -1.17. The van der Waals surface area contributed by atoms with E-state index in [9.17, 15) is 50.8 Å². The second-order valence-corrected chi connectivity index (χ2v) is 11.8. The molecule has 44 heavy (non-hydrogen) atoms. The van der Waals surface area contributed by atoms with Gasteiger partial charge in [-0.2, -0.15) is 0 Å². The summed E-state index contributed by atoms with van der Waals surface area (Å²) in [5.41, 5.74) is 0. The van der Waals surface area contributed by atoms with Gasteiger partial charge in [0.1, 0.15) is 67.1 Å². The highest BCUT2D eigenvalue weighted by atomic mass is 16.8. The average molecular weight is 644 g/mol. The number of hydrogen-bond donors (Lipinski definition) is 10. The van der Waals surface area contributed by atoms with E-state index in [0.29, 0.717) is 0 Å². The maximum absolute atomic E-state index is 11.6. The molecule has 0 aromatic rings. The van der Waals surface area contributed by atoms with Gasteiger partial charge in [-0.1, -0.05) is 0 Å². The van der Waals surface area contributed by atoms with Gasteiger partial charge in [0.05, 0.1) is 30.5 Å². The average Bonchev–Trinajstić information content (AvgIpc) is 2.96. The topological polar surface area (TPSA) is 276 Å². The molecule has 4 saturated heterocycles. The Labute approximate surface area is 252 Å². The maximum atomic E-state index is 11.6. The number of carbonyl (C=O) groups is 1. The van der Waals surface area contributed by atoms with Crippen molar-refractivity contribution in [3.8, 4) is 0 Å². The molecule has 1 amide bonds. The summed E-state index contributed by atoms with van der Waals surface area (Å²) in [6.45, 7) is 6.96. The van der Waals surface area contributed by atoms with Crippen LogP contribution < -0.4 is 5.32 Å². The molecule has 10 N–H and O–H groups in total. The molecule has 0 saturated carbocycles. The summed E-state index contributed by atoms with van der Waals surface area (Å²) < 4.78 is 39.0. The summed E-state index contributed by atoms with van der Waals surface area (Å²) in [6, 6.07) is -1.19. The lowest BCUT2D eigenvalue weighted by molar-refractivity contribution is -0.382. The van der Waals surface area contributed by atoms with E-state index in [1.54, 1.807) is 0 Å². The van der Waals surface area contributed by atoms with Gasteiger partial charge >= 0.3 is 0 Å². The second-order valence-electron chi connectivity index (χ2n) is 11.8. The van der Waals surface area contributed by atoms with Crippen LogP contribution in [0.25, 0.3) is 0 Å². The first kappa shape index (κ1) is 35.7. The molecule has 4 fully saturated rings. The molecule has 0 aliphatic carbocycles. The lowest BCUT2D eigenvalue weighted by Crippen LogP contribution is -2.67. The van der Waals surface area contributed by atoms with E-state index in [0.717, 1.165) is 0 Å². The Bertz CT molecular complexity index is 950. The van der Waals surface area contributed by atoms with Crippen LogP contribution in [0, 0.1) is 0 Å². The molecule has 4 rings (SSSR count). The predicted molar refractivity (Wildman–Crippen MR) is 140 cm³/mol. The van der Waals surface area contributed by atoms with Gasteiger partial charge in [0.25, 0.3) is 0 Å². The molecule has 0 radical (unpaired) electrons. The van der Waals surface area contributed by atoms with Crippen molar-refractivity contribution < 1.29 is 83.9 Å². The van der Waals surface area contributed by atoms with Crippen LogP contribution in [0.15, 0.2) is 0 Å². The smallest absolute Gasteiger partial charge is 0.217 e. The first-order valence-electron chi connectivity index (χ1n) is 14.5. The van der Waals surface area contributed by atoms with Gasteiger partial charge in [0.2, 0.25) is 5.91 Å². The number of aliphatic hydroxyl groups excluding tert-OH is 9. The van der Waals surface area contributed by atoms with Gasteiger partial charge in [0.15, 0.2) is 25.2 Å². The third kappa shape index (κ3) is 7.20. The first-order valence-corrected chi connectivity index (χ1v) is 14.5. The third-order valence-electron chi connectivity index (χ3n) is 8.45. The lowest BCUT2D eigenvalue weighted by Gasteiger charge is -2.49. The SMILES string of the molecule is CC(=O)N[C@H]1[C@@H](O)[C@@H](C)O[C@H](O[C@@H]2[C@@H](O)[C@H](C)O[C@@H](O[C@@H]3[C@@H](O)[C@H](C)O[C@@H](O[C@@H]4[C@@H](O)[C@H](C)O[C@@H](O)[C@@H]4O)[C@@H]3O)[C@@H]2O)[C@@H]1O. The number of carbonyl (C=O) groups excluding carboxylic acids is 1. The van der Waals surface area contributed by atoms with Crippen LogP contribution in [-0.4, -0.2) is 175 Å². The predicted octanol–water partition coefficient (Wildman–Crippen LogP) is -5.49. The number of aliphatic hydroxyl groups is 9. The standard InChI is InChI=1S/C26H45NO17/c1-6-12(29)11(27-10(5)28)16(33)24(39-6)43-21-14(31)8(3)41-26(18(21)35)44-22-15(32)9(4)40-25(19(22)36)42-20-13(30)7(2)38-23(37)17(20)34/h6-9,11-26,29-37H,1-5H3,(H,27,28)/t6-,7+,8+,9+,11+,12+,13+,14+,15+,16-,17-,18-,19-,20-,21-,22-,23-,24-,25+,26+/m1/s1. The van der Waals surface area contributed by atoms with E-state index in [2.05, 4.69) is 5.32 Å². The molecule has 4 aliphatic rings. The second kappa shape index (κ2) is 14.3. The molecule has 18 heteroatoms. The van der Waals surface area contributed by atoms with Crippen molar-refractivity contribution in [1.29, 1.82) is 0 Å². The fourth-order valence-corrected chi connectivity index (χ4v) is 5.73. The first-order chi connectivity index (χ1) is 20.5. The number of nitrogens with one attached hydrogen (secondary N) is 1. The molecule has 0 spiro atoms. The van der Waals surface area contributed by atoms with Gasteiger partial charge in [-0.3, -0.25) is 4.79 Å². The van der Waals surface area contributed by atoms with Crippen molar-refractivity contribution in [2.75, 3.05) is 0 Å². The largest absolute Gasteiger partial charge is 0.388 e. The van der Waals surface area contributed by atoms with E-state index in [1.807, 2.05) is 0 Å². The van der Waals surface area contributed by atoms with Crippen molar-refractivity contribution in [3.63, 3.8) is 0 Å². The summed E-state index contributed by atoms with van der Waals surface area (Å²) >= 11 is 0. The quantitative estimate of drug-likeness (QED) is 0.124. The van der Waals surface area contributed by atoms with Gasteiger partial charge in [-0.15, -0.1) is 0 Å². The van der Waals surface area contributed by atoms with Crippen LogP contribution in [0.1, 0.15) is 34.6 Å². The Kier molecular flexibility index (Phi) is 11.6. The minimum atomic E-state index is -1.80. The Balaban J connectivity index is 1.48.